The first-order valence-electron chi connectivity index (χ1n) is 3.10. The molecular weight excluding hydrogens is 150 g/mol. The Morgan fingerprint density at radius 3 is 2.60 bits per heavy atom. The van der Waals surface area contributed by atoms with Gasteiger partial charge >= 0.3 is 0 Å². The molecule has 0 aliphatic rings. The number of hydrogen-bond donors (Lipinski definition) is 2. The van der Waals surface area contributed by atoms with Crippen LogP contribution in [0.2, 0.25) is 0 Å². The topological polar surface area (TPSA) is 40.5 Å². The van der Waals surface area contributed by atoms with Crippen molar-refractivity contribution in [3.8, 4) is 0 Å². The molecule has 0 saturated heterocycles. The van der Waals surface area contributed by atoms with E-state index in [1.165, 1.54) is 4.90 Å². The Balaban J connectivity index is 3.81. The number of thiol groups is 1. The monoisotopic (exact) mass is 163 g/mol. The number of rotatable bonds is 3. The molecular formula is C6H13NO2S. The lowest BCUT2D eigenvalue weighted by atomic mass is 10.3. The van der Waals surface area contributed by atoms with Gasteiger partial charge in [0.15, 0.2) is 0 Å². The van der Waals surface area contributed by atoms with E-state index in [0.717, 1.165) is 0 Å². The molecule has 0 saturated carbocycles. The number of carbonyl (C=O) groups is 1. The molecule has 1 amide bonds. The maximum atomic E-state index is 10.9. The normalized spacial score (nSPS) is 12.8. The molecule has 0 aliphatic carbocycles. The molecule has 0 aliphatic heterocycles. The predicted octanol–water partition coefficient (Wildman–Crippen LogP) is -0.245. The molecule has 0 heterocycles. The summed E-state index contributed by atoms with van der Waals surface area (Å²) >= 11 is 3.82. The van der Waals surface area contributed by atoms with Crippen LogP contribution in [-0.4, -0.2) is 41.4 Å². The van der Waals surface area contributed by atoms with Gasteiger partial charge in [-0.25, -0.2) is 0 Å². The fourth-order valence-corrected chi connectivity index (χ4v) is 0.703. The molecule has 0 aromatic rings. The minimum Gasteiger partial charge on any atom is -0.394 e. The van der Waals surface area contributed by atoms with Crippen LogP contribution in [0.5, 0.6) is 0 Å². The standard InChI is InChI=1S/C6H13NO2S/c1-5(3-8)7(2)6(9)4-10/h5,8,10H,3-4H2,1-2H3. The summed E-state index contributed by atoms with van der Waals surface area (Å²) in [6.45, 7) is 1.78. The lowest BCUT2D eigenvalue weighted by Crippen LogP contribution is -2.37. The molecule has 0 aromatic heterocycles. The number of hydrogen-bond acceptors (Lipinski definition) is 3. The molecule has 10 heavy (non-hydrogen) atoms. The number of aliphatic hydroxyl groups is 1. The van der Waals surface area contributed by atoms with Crippen molar-refractivity contribution in [1.82, 2.24) is 4.90 Å². The Hall–Kier alpha value is -0.220. The van der Waals surface area contributed by atoms with E-state index in [-0.39, 0.29) is 24.3 Å². The van der Waals surface area contributed by atoms with Gasteiger partial charge in [0, 0.05) is 7.05 Å². The molecule has 0 fully saturated rings. The quantitative estimate of drug-likeness (QED) is 0.564. The number of amides is 1. The molecule has 0 radical (unpaired) electrons. The zero-order valence-electron chi connectivity index (χ0n) is 6.24. The van der Waals surface area contributed by atoms with Gasteiger partial charge in [0.25, 0.3) is 0 Å². The Morgan fingerprint density at radius 2 is 2.30 bits per heavy atom. The van der Waals surface area contributed by atoms with Gasteiger partial charge in [0.1, 0.15) is 0 Å². The maximum Gasteiger partial charge on any atom is 0.232 e. The first-order chi connectivity index (χ1) is 4.63. The molecule has 0 rings (SSSR count). The van der Waals surface area contributed by atoms with Crippen molar-refractivity contribution in [2.24, 2.45) is 0 Å². The summed E-state index contributed by atoms with van der Waals surface area (Å²) in [5.41, 5.74) is 0. The van der Waals surface area contributed by atoms with Crippen molar-refractivity contribution in [3.63, 3.8) is 0 Å². The van der Waals surface area contributed by atoms with E-state index in [0.29, 0.717) is 0 Å². The van der Waals surface area contributed by atoms with E-state index < -0.39 is 0 Å². The van der Waals surface area contributed by atoms with Crippen LogP contribution in [-0.2, 0) is 4.79 Å². The molecule has 1 atom stereocenters. The average molecular weight is 163 g/mol. The van der Waals surface area contributed by atoms with Gasteiger partial charge in [-0.15, -0.1) is 0 Å². The molecule has 1 N–H and O–H groups in total. The highest BCUT2D eigenvalue weighted by Crippen LogP contribution is 1.95. The van der Waals surface area contributed by atoms with Gasteiger partial charge in [0.05, 0.1) is 18.4 Å². The second-order valence-electron chi connectivity index (χ2n) is 2.19. The maximum absolute atomic E-state index is 10.9. The van der Waals surface area contributed by atoms with E-state index in [1.807, 2.05) is 0 Å². The van der Waals surface area contributed by atoms with Gasteiger partial charge in [0.2, 0.25) is 5.91 Å². The number of likely N-dealkylation sites (N-methyl/N-ethyl adjacent to an activating group) is 1. The lowest BCUT2D eigenvalue weighted by molar-refractivity contribution is -0.129. The van der Waals surface area contributed by atoms with Crippen LogP contribution in [0.25, 0.3) is 0 Å². The molecule has 60 valence electrons. The fourth-order valence-electron chi connectivity index (χ4n) is 0.480. The van der Waals surface area contributed by atoms with E-state index in [2.05, 4.69) is 12.6 Å². The summed E-state index contributed by atoms with van der Waals surface area (Å²) in [4.78, 5) is 12.3. The average Bonchev–Trinajstić information content (AvgIpc) is 2.00. The first-order valence-corrected chi connectivity index (χ1v) is 3.74. The third-order valence-corrected chi connectivity index (χ3v) is 1.72. The molecule has 0 spiro atoms. The van der Waals surface area contributed by atoms with Gasteiger partial charge in [-0.05, 0) is 6.92 Å². The summed E-state index contributed by atoms with van der Waals surface area (Å²) in [6, 6.07) is -0.111. The highest BCUT2D eigenvalue weighted by atomic mass is 32.1. The predicted molar refractivity (Wildman–Crippen MR) is 43.2 cm³/mol. The van der Waals surface area contributed by atoms with E-state index in [9.17, 15) is 4.79 Å². The van der Waals surface area contributed by atoms with E-state index in [1.54, 1.807) is 14.0 Å². The molecule has 1 unspecified atom stereocenters. The Bertz CT molecular complexity index is 118. The summed E-state index contributed by atoms with van der Waals surface area (Å²) in [5.74, 6) is 0.130. The smallest absolute Gasteiger partial charge is 0.232 e. The van der Waals surface area contributed by atoms with Crippen LogP contribution in [0.3, 0.4) is 0 Å². The van der Waals surface area contributed by atoms with Crippen molar-refractivity contribution in [2.75, 3.05) is 19.4 Å². The third-order valence-electron chi connectivity index (χ3n) is 1.45. The fraction of sp³-hybridized carbons (Fsp3) is 0.833. The third kappa shape index (κ3) is 2.58. The van der Waals surface area contributed by atoms with Crippen molar-refractivity contribution in [2.45, 2.75) is 13.0 Å². The summed E-state index contributed by atoms with van der Waals surface area (Å²) in [6.07, 6.45) is 0. The van der Waals surface area contributed by atoms with Gasteiger partial charge in [-0.3, -0.25) is 4.79 Å². The van der Waals surface area contributed by atoms with Gasteiger partial charge < -0.3 is 10.0 Å². The van der Waals surface area contributed by atoms with Crippen LogP contribution < -0.4 is 0 Å². The highest BCUT2D eigenvalue weighted by Gasteiger charge is 2.11. The largest absolute Gasteiger partial charge is 0.394 e. The molecule has 0 aromatic carbocycles. The second kappa shape index (κ2) is 4.57. The minimum atomic E-state index is -0.111. The molecule has 3 nitrogen and oxygen atoms in total. The summed E-state index contributed by atoms with van der Waals surface area (Å²) in [5, 5.41) is 8.63. The van der Waals surface area contributed by atoms with Crippen molar-refractivity contribution in [3.05, 3.63) is 0 Å². The van der Waals surface area contributed by atoms with Crippen molar-refractivity contribution < 1.29 is 9.90 Å². The van der Waals surface area contributed by atoms with Crippen molar-refractivity contribution in [1.29, 1.82) is 0 Å². The Labute approximate surface area is 66.4 Å². The van der Waals surface area contributed by atoms with Crippen LogP contribution in [0.1, 0.15) is 6.92 Å². The second-order valence-corrected chi connectivity index (χ2v) is 2.51. The van der Waals surface area contributed by atoms with Crippen LogP contribution >= 0.6 is 12.6 Å². The van der Waals surface area contributed by atoms with Gasteiger partial charge in [-0.1, -0.05) is 0 Å². The van der Waals surface area contributed by atoms with Crippen molar-refractivity contribution >= 4 is 18.5 Å². The highest BCUT2D eigenvalue weighted by molar-refractivity contribution is 7.81. The van der Waals surface area contributed by atoms with Crippen LogP contribution in [0.4, 0.5) is 0 Å². The summed E-state index contributed by atoms with van der Waals surface area (Å²) < 4.78 is 0. The molecule has 0 bridgehead atoms. The number of aliphatic hydroxyl groups excluding tert-OH is 1. The zero-order chi connectivity index (χ0) is 8.15. The number of nitrogens with zero attached hydrogens (tertiary/aromatic N) is 1. The summed E-state index contributed by atoms with van der Waals surface area (Å²) in [7, 11) is 1.65. The lowest BCUT2D eigenvalue weighted by Gasteiger charge is -2.21. The van der Waals surface area contributed by atoms with Gasteiger partial charge in [-0.2, -0.15) is 12.6 Å². The first kappa shape index (κ1) is 9.78. The van der Waals surface area contributed by atoms with E-state index >= 15 is 0 Å². The number of carbonyl (C=O) groups excluding carboxylic acids is 1. The van der Waals surface area contributed by atoms with Crippen LogP contribution in [0.15, 0.2) is 0 Å². The zero-order valence-corrected chi connectivity index (χ0v) is 7.14. The van der Waals surface area contributed by atoms with Crippen LogP contribution in [0, 0.1) is 0 Å². The SMILES string of the molecule is CC(CO)N(C)C(=O)CS. The minimum absolute atomic E-state index is 0.00395. The Morgan fingerprint density at radius 1 is 1.80 bits per heavy atom. The van der Waals surface area contributed by atoms with E-state index in [4.69, 9.17) is 5.11 Å². The Kier molecular flexibility index (Phi) is 4.47. The molecule has 4 heteroatoms.